The van der Waals surface area contributed by atoms with Crippen molar-refractivity contribution < 1.29 is 9.90 Å². The van der Waals surface area contributed by atoms with Crippen LogP contribution in [0.2, 0.25) is 0 Å². The summed E-state index contributed by atoms with van der Waals surface area (Å²) >= 11 is 0. The summed E-state index contributed by atoms with van der Waals surface area (Å²) in [6.45, 7) is 0. The molecule has 86 valence electrons. The lowest BCUT2D eigenvalue weighted by Crippen LogP contribution is -2.54. The van der Waals surface area contributed by atoms with Crippen LogP contribution in [-0.4, -0.2) is 16.6 Å². The second-order valence-electron chi connectivity index (χ2n) is 4.55. The molecule has 0 radical (unpaired) electrons. The van der Waals surface area contributed by atoms with E-state index < -0.39 is 11.5 Å². The number of hydrogen-bond donors (Lipinski definition) is 2. The Morgan fingerprint density at radius 2 is 2.00 bits per heavy atom. The van der Waals surface area contributed by atoms with Crippen LogP contribution < -0.4 is 5.73 Å². The van der Waals surface area contributed by atoms with Gasteiger partial charge in [0.15, 0.2) is 0 Å². The average molecular weight is 219 g/mol. The van der Waals surface area contributed by atoms with E-state index in [4.69, 9.17) is 5.73 Å². The molecule has 0 heterocycles. The number of aliphatic carboxylic acids is 1. The van der Waals surface area contributed by atoms with Crippen LogP contribution in [0.5, 0.6) is 0 Å². The fraction of sp³-hybridized carbons (Fsp3) is 0.462. The summed E-state index contributed by atoms with van der Waals surface area (Å²) in [4.78, 5) is 11.3. The van der Waals surface area contributed by atoms with Crippen LogP contribution in [0.25, 0.3) is 0 Å². The summed E-state index contributed by atoms with van der Waals surface area (Å²) in [6.07, 6.45) is 3.41. The number of nitrogens with two attached hydrogens (primary N) is 1. The van der Waals surface area contributed by atoms with Gasteiger partial charge in [0.05, 0.1) is 0 Å². The summed E-state index contributed by atoms with van der Waals surface area (Å²) in [5.74, 6) is -0.930. The third-order valence-corrected chi connectivity index (χ3v) is 3.56. The molecule has 0 spiro atoms. The molecule has 1 aliphatic rings. The Kier molecular flexibility index (Phi) is 2.97. The number of carbonyl (C=O) groups is 1. The highest BCUT2D eigenvalue weighted by molar-refractivity contribution is 5.80. The molecule has 2 atom stereocenters. The molecule has 3 heteroatoms. The van der Waals surface area contributed by atoms with Gasteiger partial charge in [0.2, 0.25) is 0 Å². The van der Waals surface area contributed by atoms with E-state index in [1.807, 2.05) is 30.3 Å². The van der Waals surface area contributed by atoms with Crippen molar-refractivity contribution >= 4 is 5.97 Å². The maximum absolute atomic E-state index is 11.3. The molecule has 0 amide bonds. The van der Waals surface area contributed by atoms with Crippen LogP contribution in [0.15, 0.2) is 30.3 Å². The Morgan fingerprint density at radius 1 is 1.31 bits per heavy atom. The fourth-order valence-corrected chi connectivity index (χ4v) is 2.60. The van der Waals surface area contributed by atoms with Crippen molar-refractivity contribution in [2.24, 2.45) is 5.73 Å². The van der Waals surface area contributed by atoms with Gasteiger partial charge in [-0.3, -0.25) is 4.79 Å². The molecule has 2 rings (SSSR count). The van der Waals surface area contributed by atoms with E-state index in [1.54, 1.807) is 0 Å². The topological polar surface area (TPSA) is 63.3 Å². The summed E-state index contributed by atoms with van der Waals surface area (Å²) in [5, 5.41) is 9.30. The van der Waals surface area contributed by atoms with Gasteiger partial charge in [-0.2, -0.15) is 0 Å². The molecule has 0 aliphatic heterocycles. The molecule has 1 aromatic carbocycles. The van der Waals surface area contributed by atoms with Gasteiger partial charge in [-0.25, -0.2) is 0 Å². The molecule has 3 N–H and O–H groups in total. The van der Waals surface area contributed by atoms with Crippen molar-refractivity contribution in [1.29, 1.82) is 0 Å². The minimum Gasteiger partial charge on any atom is -0.480 e. The zero-order chi connectivity index (χ0) is 11.6. The lowest BCUT2D eigenvalue weighted by atomic mass is 9.70. The lowest BCUT2D eigenvalue weighted by Gasteiger charge is -2.38. The quantitative estimate of drug-likeness (QED) is 0.800. The van der Waals surface area contributed by atoms with Gasteiger partial charge in [0.25, 0.3) is 0 Å². The molecule has 0 unspecified atom stereocenters. The van der Waals surface area contributed by atoms with E-state index in [-0.39, 0.29) is 5.92 Å². The lowest BCUT2D eigenvalue weighted by molar-refractivity contribution is -0.145. The number of carboxylic acid groups (broad SMARTS) is 1. The summed E-state index contributed by atoms with van der Waals surface area (Å²) in [7, 11) is 0. The first-order valence-electron chi connectivity index (χ1n) is 5.72. The van der Waals surface area contributed by atoms with Crippen LogP contribution in [0, 0.1) is 0 Å². The third-order valence-electron chi connectivity index (χ3n) is 3.56. The Bertz CT molecular complexity index is 377. The summed E-state index contributed by atoms with van der Waals surface area (Å²) < 4.78 is 0. The highest BCUT2D eigenvalue weighted by Crippen LogP contribution is 2.39. The van der Waals surface area contributed by atoms with E-state index in [0.717, 1.165) is 24.8 Å². The van der Waals surface area contributed by atoms with E-state index in [9.17, 15) is 9.90 Å². The van der Waals surface area contributed by atoms with Gasteiger partial charge in [0, 0.05) is 5.92 Å². The van der Waals surface area contributed by atoms with Crippen LogP contribution in [-0.2, 0) is 4.79 Å². The maximum Gasteiger partial charge on any atom is 0.324 e. The smallest absolute Gasteiger partial charge is 0.324 e. The zero-order valence-electron chi connectivity index (χ0n) is 9.23. The highest BCUT2D eigenvalue weighted by Gasteiger charge is 2.44. The average Bonchev–Trinajstić information content (AvgIpc) is 2.30. The molecule has 3 nitrogen and oxygen atoms in total. The largest absolute Gasteiger partial charge is 0.480 e. The Labute approximate surface area is 95.3 Å². The minimum atomic E-state index is -1.08. The van der Waals surface area contributed by atoms with Crippen molar-refractivity contribution in [3.63, 3.8) is 0 Å². The molecule has 16 heavy (non-hydrogen) atoms. The van der Waals surface area contributed by atoms with Crippen molar-refractivity contribution in [3.05, 3.63) is 35.9 Å². The second-order valence-corrected chi connectivity index (χ2v) is 4.55. The number of benzene rings is 1. The third kappa shape index (κ3) is 1.83. The van der Waals surface area contributed by atoms with E-state index in [1.165, 1.54) is 0 Å². The van der Waals surface area contributed by atoms with Crippen molar-refractivity contribution in [3.8, 4) is 0 Å². The van der Waals surface area contributed by atoms with Crippen LogP contribution in [0.4, 0.5) is 0 Å². The van der Waals surface area contributed by atoms with Crippen LogP contribution in [0.1, 0.15) is 37.2 Å². The summed E-state index contributed by atoms with van der Waals surface area (Å²) in [6, 6.07) is 9.75. The minimum absolute atomic E-state index is 0.0556. The van der Waals surface area contributed by atoms with Crippen LogP contribution >= 0.6 is 0 Å². The van der Waals surface area contributed by atoms with Gasteiger partial charge in [-0.05, 0) is 18.4 Å². The Balaban J connectivity index is 2.34. The number of hydrogen-bond acceptors (Lipinski definition) is 2. The van der Waals surface area contributed by atoms with Gasteiger partial charge in [0.1, 0.15) is 5.54 Å². The van der Waals surface area contributed by atoms with Gasteiger partial charge in [-0.1, -0.05) is 43.2 Å². The normalized spacial score (nSPS) is 29.9. The fourth-order valence-electron chi connectivity index (χ4n) is 2.60. The molecule has 0 saturated heterocycles. The van der Waals surface area contributed by atoms with Crippen molar-refractivity contribution in [1.82, 2.24) is 0 Å². The molecular weight excluding hydrogens is 202 g/mol. The number of carboxylic acids is 1. The predicted octanol–water partition coefficient (Wildman–Crippen LogP) is 2.13. The molecule has 1 saturated carbocycles. The second kappa shape index (κ2) is 4.26. The SMILES string of the molecule is N[C@@]1(C(=O)O)CCCC[C@@H]1c1ccccc1. The van der Waals surface area contributed by atoms with Crippen LogP contribution in [0.3, 0.4) is 0 Å². The van der Waals surface area contributed by atoms with E-state index >= 15 is 0 Å². The monoisotopic (exact) mass is 219 g/mol. The summed E-state index contributed by atoms with van der Waals surface area (Å²) in [5.41, 5.74) is 6.04. The molecular formula is C13H17NO2. The first kappa shape index (κ1) is 11.1. The molecule has 1 aliphatic carbocycles. The first-order valence-corrected chi connectivity index (χ1v) is 5.72. The Morgan fingerprint density at radius 3 is 2.62 bits per heavy atom. The highest BCUT2D eigenvalue weighted by atomic mass is 16.4. The van der Waals surface area contributed by atoms with Gasteiger partial charge in [-0.15, -0.1) is 0 Å². The van der Waals surface area contributed by atoms with Crippen molar-refractivity contribution in [2.45, 2.75) is 37.1 Å². The van der Waals surface area contributed by atoms with E-state index in [2.05, 4.69) is 0 Å². The number of rotatable bonds is 2. The Hall–Kier alpha value is -1.35. The van der Waals surface area contributed by atoms with Gasteiger partial charge >= 0.3 is 5.97 Å². The molecule has 0 bridgehead atoms. The standard InChI is InChI=1S/C13H17NO2/c14-13(12(15)16)9-5-4-8-11(13)10-6-2-1-3-7-10/h1-3,6-7,11H,4-5,8-9,14H2,(H,15,16)/t11-,13+/m1/s1. The first-order chi connectivity index (χ1) is 7.64. The van der Waals surface area contributed by atoms with E-state index in [0.29, 0.717) is 6.42 Å². The molecule has 0 aromatic heterocycles. The molecule has 1 aromatic rings. The van der Waals surface area contributed by atoms with Gasteiger partial charge < -0.3 is 10.8 Å². The van der Waals surface area contributed by atoms with Crippen molar-refractivity contribution in [2.75, 3.05) is 0 Å². The zero-order valence-corrected chi connectivity index (χ0v) is 9.23. The maximum atomic E-state index is 11.3. The molecule has 1 fully saturated rings. The predicted molar refractivity (Wildman–Crippen MR) is 62.2 cm³/mol.